The number of nitrogens with one attached hydrogen (secondary N) is 1. The van der Waals surface area contributed by atoms with Gasteiger partial charge in [-0.05, 0) is 25.6 Å². The average Bonchev–Trinajstić information content (AvgIpc) is 2.46. The number of benzene rings is 1. The summed E-state index contributed by atoms with van der Waals surface area (Å²) in [6, 6.07) is 8.12. The maximum Gasteiger partial charge on any atom is 0.241 e. The molecule has 4 heteroatoms. The molecule has 0 saturated carbocycles. The van der Waals surface area contributed by atoms with Crippen LogP contribution >= 0.6 is 0 Å². The van der Waals surface area contributed by atoms with E-state index in [0.29, 0.717) is 6.54 Å². The SMILES string of the molecule is CCN1CCN(C(=O)CNc2ccc(C)cc2)CC1. The maximum absolute atomic E-state index is 12.1. The molecule has 0 radical (unpaired) electrons. The number of hydrogen-bond donors (Lipinski definition) is 1. The zero-order valence-electron chi connectivity index (χ0n) is 11.9. The molecule has 0 atom stereocenters. The lowest BCUT2D eigenvalue weighted by Gasteiger charge is -2.34. The smallest absolute Gasteiger partial charge is 0.241 e. The van der Waals surface area contributed by atoms with Crippen LogP contribution in [0.5, 0.6) is 0 Å². The van der Waals surface area contributed by atoms with Crippen LogP contribution in [-0.4, -0.2) is 55.0 Å². The van der Waals surface area contributed by atoms with Crippen LogP contribution in [0.15, 0.2) is 24.3 Å². The van der Waals surface area contributed by atoms with Crippen molar-refractivity contribution >= 4 is 11.6 Å². The summed E-state index contributed by atoms with van der Waals surface area (Å²) in [6.45, 7) is 9.36. The second-order valence-electron chi connectivity index (χ2n) is 5.03. The molecule has 1 saturated heterocycles. The van der Waals surface area contributed by atoms with Crippen LogP contribution in [0.4, 0.5) is 5.69 Å². The number of carbonyl (C=O) groups is 1. The second kappa shape index (κ2) is 6.57. The van der Waals surface area contributed by atoms with Gasteiger partial charge in [-0.1, -0.05) is 24.6 Å². The van der Waals surface area contributed by atoms with Crippen molar-refractivity contribution in [2.45, 2.75) is 13.8 Å². The van der Waals surface area contributed by atoms with Crippen LogP contribution in [0, 0.1) is 6.92 Å². The molecule has 0 spiro atoms. The molecular weight excluding hydrogens is 238 g/mol. The fourth-order valence-corrected chi connectivity index (χ4v) is 2.27. The minimum atomic E-state index is 0.191. The minimum Gasteiger partial charge on any atom is -0.376 e. The third kappa shape index (κ3) is 3.96. The van der Waals surface area contributed by atoms with Gasteiger partial charge in [0.1, 0.15) is 0 Å². The van der Waals surface area contributed by atoms with Gasteiger partial charge in [0.2, 0.25) is 5.91 Å². The number of piperazine rings is 1. The van der Waals surface area contributed by atoms with Crippen molar-refractivity contribution < 1.29 is 4.79 Å². The Morgan fingerprint density at radius 2 is 1.79 bits per heavy atom. The Kier molecular flexibility index (Phi) is 4.80. The summed E-state index contributed by atoms with van der Waals surface area (Å²) in [5, 5.41) is 3.19. The number of rotatable bonds is 4. The Balaban J connectivity index is 1.77. The molecule has 1 aliphatic rings. The molecular formula is C15H23N3O. The number of aryl methyl sites for hydroxylation is 1. The van der Waals surface area contributed by atoms with E-state index in [-0.39, 0.29) is 5.91 Å². The summed E-state index contributed by atoms with van der Waals surface area (Å²) in [7, 11) is 0. The Morgan fingerprint density at radius 1 is 1.16 bits per heavy atom. The zero-order chi connectivity index (χ0) is 13.7. The molecule has 1 amide bonds. The van der Waals surface area contributed by atoms with Gasteiger partial charge in [-0.2, -0.15) is 0 Å². The lowest BCUT2D eigenvalue weighted by atomic mass is 10.2. The van der Waals surface area contributed by atoms with Crippen LogP contribution in [0.2, 0.25) is 0 Å². The molecule has 1 aliphatic heterocycles. The van der Waals surface area contributed by atoms with Gasteiger partial charge in [-0.25, -0.2) is 0 Å². The van der Waals surface area contributed by atoms with Crippen molar-refractivity contribution in [3.63, 3.8) is 0 Å². The number of nitrogens with zero attached hydrogens (tertiary/aromatic N) is 2. The van der Waals surface area contributed by atoms with Crippen LogP contribution in [0.25, 0.3) is 0 Å². The largest absolute Gasteiger partial charge is 0.376 e. The molecule has 0 aromatic heterocycles. The minimum absolute atomic E-state index is 0.191. The van der Waals surface area contributed by atoms with Crippen LogP contribution < -0.4 is 5.32 Å². The number of anilines is 1. The first-order valence-corrected chi connectivity index (χ1v) is 6.99. The van der Waals surface area contributed by atoms with E-state index >= 15 is 0 Å². The normalized spacial score (nSPS) is 16.4. The molecule has 1 aromatic carbocycles. The van der Waals surface area contributed by atoms with Gasteiger partial charge in [0.15, 0.2) is 0 Å². The maximum atomic E-state index is 12.1. The first-order chi connectivity index (χ1) is 9.19. The fourth-order valence-electron chi connectivity index (χ4n) is 2.27. The summed E-state index contributed by atoms with van der Waals surface area (Å²) in [5.41, 5.74) is 2.23. The van der Waals surface area contributed by atoms with E-state index in [1.165, 1.54) is 5.56 Å². The van der Waals surface area contributed by atoms with E-state index in [4.69, 9.17) is 0 Å². The van der Waals surface area contributed by atoms with Crippen molar-refractivity contribution in [2.24, 2.45) is 0 Å². The quantitative estimate of drug-likeness (QED) is 0.893. The van der Waals surface area contributed by atoms with E-state index in [1.807, 2.05) is 29.2 Å². The fraction of sp³-hybridized carbons (Fsp3) is 0.533. The summed E-state index contributed by atoms with van der Waals surface area (Å²) in [5.74, 6) is 0.191. The summed E-state index contributed by atoms with van der Waals surface area (Å²) >= 11 is 0. The number of likely N-dealkylation sites (N-methyl/N-ethyl adjacent to an activating group) is 1. The Morgan fingerprint density at radius 3 is 2.37 bits per heavy atom. The molecule has 0 unspecified atom stereocenters. The Labute approximate surface area is 115 Å². The summed E-state index contributed by atoms with van der Waals surface area (Å²) in [4.78, 5) is 16.4. The first-order valence-electron chi connectivity index (χ1n) is 6.99. The van der Waals surface area contributed by atoms with Gasteiger partial charge in [0.25, 0.3) is 0 Å². The molecule has 1 fully saturated rings. The van der Waals surface area contributed by atoms with Crippen molar-refractivity contribution in [3.05, 3.63) is 29.8 Å². The monoisotopic (exact) mass is 261 g/mol. The Hall–Kier alpha value is -1.55. The van der Waals surface area contributed by atoms with E-state index in [2.05, 4.69) is 24.1 Å². The molecule has 2 rings (SSSR count). The first kappa shape index (κ1) is 13.9. The number of carbonyl (C=O) groups excluding carboxylic acids is 1. The van der Waals surface area contributed by atoms with Crippen molar-refractivity contribution in [1.29, 1.82) is 0 Å². The predicted octanol–water partition coefficient (Wildman–Crippen LogP) is 1.57. The van der Waals surface area contributed by atoms with E-state index in [0.717, 1.165) is 38.4 Å². The van der Waals surface area contributed by atoms with Crippen LogP contribution in [-0.2, 0) is 4.79 Å². The average molecular weight is 261 g/mol. The summed E-state index contributed by atoms with van der Waals surface area (Å²) in [6.07, 6.45) is 0. The highest BCUT2D eigenvalue weighted by atomic mass is 16.2. The molecule has 104 valence electrons. The van der Waals surface area contributed by atoms with E-state index in [9.17, 15) is 4.79 Å². The third-order valence-corrected chi connectivity index (χ3v) is 3.67. The second-order valence-corrected chi connectivity index (χ2v) is 5.03. The highest BCUT2D eigenvalue weighted by Gasteiger charge is 2.19. The molecule has 4 nitrogen and oxygen atoms in total. The third-order valence-electron chi connectivity index (χ3n) is 3.67. The van der Waals surface area contributed by atoms with Gasteiger partial charge in [-0.15, -0.1) is 0 Å². The highest BCUT2D eigenvalue weighted by molar-refractivity contribution is 5.81. The van der Waals surface area contributed by atoms with Gasteiger partial charge in [0.05, 0.1) is 6.54 Å². The standard InChI is InChI=1S/C15H23N3O/c1-3-17-8-10-18(11-9-17)15(19)12-16-14-6-4-13(2)5-7-14/h4-7,16H,3,8-12H2,1-2H3. The topological polar surface area (TPSA) is 35.6 Å². The van der Waals surface area contributed by atoms with E-state index < -0.39 is 0 Å². The van der Waals surface area contributed by atoms with Crippen LogP contribution in [0.1, 0.15) is 12.5 Å². The number of amides is 1. The van der Waals surface area contributed by atoms with Gasteiger partial charge in [-0.3, -0.25) is 4.79 Å². The molecule has 1 N–H and O–H groups in total. The van der Waals surface area contributed by atoms with Gasteiger partial charge >= 0.3 is 0 Å². The number of hydrogen-bond acceptors (Lipinski definition) is 3. The summed E-state index contributed by atoms with van der Waals surface area (Å²) < 4.78 is 0. The molecule has 19 heavy (non-hydrogen) atoms. The van der Waals surface area contributed by atoms with Crippen molar-refractivity contribution in [2.75, 3.05) is 44.6 Å². The van der Waals surface area contributed by atoms with Crippen molar-refractivity contribution in [1.82, 2.24) is 9.80 Å². The molecule has 1 aromatic rings. The molecule has 0 aliphatic carbocycles. The highest BCUT2D eigenvalue weighted by Crippen LogP contribution is 2.08. The van der Waals surface area contributed by atoms with Crippen LogP contribution in [0.3, 0.4) is 0 Å². The molecule has 0 bridgehead atoms. The van der Waals surface area contributed by atoms with E-state index in [1.54, 1.807) is 0 Å². The van der Waals surface area contributed by atoms with Gasteiger partial charge in [0, 0.05) is 31.9 Å². The lowest BCUT2D eigenvalue weighted by Crippen LogP contribution is -2.49. The Bertz CT molecular complexity index is 408. The predicted molar refractivity (Wildman–Crippen MR) is 78.4 cm³/mol. The van der Waals surface area contributed by atoms with Crippen molar-refractivity contribution in [3.8, 4) is 0 Å². The van der Waals surface area contributed by atoms with Gasteiger partial charge < -0.3 is 15.1 Å². The molecule has 1 heterocycles. The lowest BCUT2D eigenvalue weighted by molar-refractivity contribution is -0.131. The zero-order valence-corrected chi connectivity index (χ0v) is 11.9.